The number of nitrogens with zero attached hydrogens (tertiary/aromatic N) is 5. The van der Waals surface area contributed by atoms with Crippen molar-refractivity contribution in [3.8, 4) is 0 Å². The average molecular weight is 385 g/mol. The molecule has 0 radical (unpaired) electrons. The normalized spacial score (nSPS) is 18.1. The van der Waals surface area contributed by atoms with Gasteiger partial charge >= 0.3 is 0 Å². The highest BCUT2D eigenvalue weighted by Crippen LogP contribution is 2.26. The molecule has 3 amide bonds. The lowest BCUT2D eigenvalue weighted by Gasteiger charge is -2.36. The molecule has 8 nitrogen and oxygen atoms in total. The molecule has 1 aromatic heterocycles. The Morgan fingerprint density at radius 2 is 1.63 bits per heavy atom. The number of aryl methyl sites for hydroxylation is 1. The Morgan fingerprint density at radius 1 is 1.04 bits per heavy atom. The molecule has 0 N–H and O–H groups in total. The minimum absolute atomic E-state index is 0.211. The first-order chi connectivity index (χ1) is 13.0. The van der Waals surface area contributed by atoms with Gasteiger partial charge in [0.05, 0.1) is 11.1 Å². The van der Waals surface area contributed by atoms with E-state index in [4.69, 9.17) is 0 Å². The number of piperazine rings is 1. The van der Waals surface area contributed by atoms with Crippen molar-refractivity contribution in [3.05, 3.63) is 40.4 Å². The van der Waals surface area contributed by atoms with Crippen molar-refractivity contribution in [2.24, 2.45) is 0 Å². The molecule has 2 aliphatic rings. The average Bonchev–Trinajstić information content (AvgIpc) is 3.23. The summed E-state index contributed by atoms with van der Waals surface area (Å²) in [5, 5.41) is 9.93. The largest absolute Gasteiger partial charge is 0.343 e. The molecule has 1 saturated heterocycles. The van der Waals surface area contributed by atoms with Crippen LogP contribution in [0.3, 0.4) is 0 Å². The lowest BCUT2D eigenvalue weighted by molar-refractivity contribution is -0.135. The molecule has 0 spiro atoms. The van der Waals surface area contributed by atoms with E-state index in [1.54, 1.807) is 36.1 Å². The van der Waals surface area contributed by atoms with Crippen molar-refractivity contribution < 1.29 is 14.4 Å². The zero-order chi connectivity index (χ0) is 19.1. The van der Waals surface area contributed by atoms with Crippen molar-refractivity contribution in [1.29, 1.82) is 0 Å². The predicted octanol–water partition coefficient (Wildman–Crippen LogP) is 1.18. The van der Waals surface area contributed by atoms with Gasteiger partial charge in [-0.15, -0.1) is 10.2 Å². The molecule has 27 heavy (non-hydrogen) atoms. The van der Waals surface area contributed by atoms with Crippen LogP contribution in [-0.4, -0.2) is 69.9 Å². The van der Waals surface area contributed by atoms with Crippen molar-refractivity contribution in [2.45, 2.75) is 19.9 Å². The lowest BCUT2D eigenvalue weighted by Crippen LogP contribution is -2.55. The fourth-order valence-electron chi connectivity index (χ4n) is 3.47. The zero-order valence-electron chi connectivity index (χ0n) is 15.1. The van der Waals surface area contributed by atoms with Crippen LogP contribution in [0.4, 0.5) is 5.13 Å². The molecule has 2 aromatic rings. The molecule has 1 atom stereocenters. The first-order valence-corrected chi connectivity index (χ1v) is 9.60. The van der Waals surface area contributed by atoms with Gasteiger partial charge in [0.2, 0.25) is 11.0 Å². The van der Waals surface area contributed by atoms with E-state index in [1.165, 1.54) is 11.3 Å². The molecule has 9 heteroatoms. The number of carbonyl (C=O) groups excluding carboxylic acids is 3. The van der Waals surface area contributed by atoms with E-state index in [-0.39, 0.29) is 5.91 Å². The quantitative estimate of drug-likeness (QED) is 0.738. The van der Waals surface area contributed by atoms with E-state index in [0.29, 0.717) is 37.3 Å². The van der Waals surface area contributed by atoms with Crippen molar-refractivity contribution in [2.75, 3.05) is 31.1 Å². The van der Waals surface area contributed by atoms with Crippen molar-refractivity contribution >= 4 is 34.2 Å². The SMILES string of the molecule is Cc1nnc(N2CCN(C(=O)C(C)N3C(=O)c4ccccc4C3=O)CC2)s1. The molecule has 0 saturated carbocycles. The molecule has 1 unspecified atom stereocenters. The number of aromatic nitrogens is 2. The highest BCUT2D eigenvalue weighted by atomic mass is 32.1. The fourth-order valence-corrected chi connectivity index (χ4v) is 4.21. The van der Waals surface area contributed by atoms with Gasteiger partial charge in [0, 0.05) is 26.2 Å². The Balaban J connectivity index is 1.43. The second-order valence-corrected chi connectivity index (χ2v) is 7.78. The summed E-state index contributed by atoms with van der Waals surface area (Å²) in [5.74, 6) is -1.02. The van der Waals surface area contributed by atoms with Crippen LogP contribution < -0.4 is 4.90 Å². The van der Waals surface area contributed by atoms with Crippen LogP contribution in [0.25, 0.3) is 0 Å². The summed E-state index contributed by atoms with van der Waals surface area (Å²) in [6.07, 6.45) is 0. The standard InChI is InChI=1S/C18H19N5O3S/c1-11(23-16(25)13-5-3-4-6-14(13)17(23)26)15(24)21-7-9-22(10-8-21)18-20-19-12(2)27-18/h3-6,11H,7-10H2,1-2H3. The Bertz CT molecular complexity index is 884. The van der Waals surface area contributed by atoms with E-state index < -0.39 is 17.9 Å². The molecular weight excluding hydrogens is 366 g/mol. The molecule has 140 valence electrons. The van der Waals surface area contributed by atoms with Gasteiger partial charge < -0.3 is 9.80 Å². The number of hydrogen-bond donors (Lipinski definition) is 0. The van der Waals surface area contributed by atoms with Gasteiger partial charge in [-0.1, -0.05) is 23.5 Å². The van der Waals surface area contributed by atoms with Crippen LogP contribution in [0, 0.1) is 6.92 Å². The number of imide groups is 1. The smallest absolute Gasteiger partial charge is 0.262 e. The number of fused-ring (bicyclic) bond motifs is 1. The van der Waals surface area contributed by atoms with Gasteiger partial charge in [-0.25, -0.2) is 0 Å². The third-order valence-electron chi connectivity index (χ3n) is 4.95. The van der Waals surface area contributed by atoms with Crippen molar-refractivity contribution in [3.63, 3.8) is 0 Å². The Hall–Kier alpha value is -2.81. The number of amides is 3. The Labute approximate surface area is 160 Å². The van der Waals surface area contributed by atoms with Crippen LogP contribution in [0.1, 0.15) is 32.6 Å². The Morgan fingerprint density at radius 3 is 2.15 bits per heavy atom. The monoisotopic (exact) mass is 385 g/mol. The third kappa shape index (κ3) is 2.97. The lowest BCUT2D eigenvalue weighted by atomic mass is 10.1. The van der Waals surface area contributed by atoms with Crippen molar-refractivity contribution in [1.82, 2.24) is 20.0 Å². The molecule has 1 fully saturated rings. The second kappa shape index (κ2) is 6.73. The number of hydrogen-bond acceptors (Lipinski definition) is 7. The summed E-state index contributed by atoms with van der Waals surface area (Å²) in [6.45, 7) is 5.86. The molecule has 4 rings (SSSR count). The topological polar surface area (TPSA) is 86.7 Å². The molecule has 2 aliphatic heterocycles. The van der Waals surface area contributed by atoms with Gasteiger partial charge in [-0.2, -0.15) is 0 Å². The first-order valence-electron chi connectivity index (χ1n) is 8.78. The predicted molar refractivity (Wildman–Crippen MR) is 99.8 cm³/mol. The van der Waals surface area contributed by atoms with Gasteiger partial charge in [-0.05, 0) is 26.0 Å². The Kier molecular flexibility index (Phi) is 4.39. The third-order valence-corrected chi connectivity index (χ3v) is 5.85. The molecular formula is C18H19N5O3S. The number of anilines is 1. The van der Waals surface area contributed by atoms with Crippen LogP contribution >= 0.6 is 11.3 Å². The maximum Gasteiger partial charge on any atom is 0.262 e. The number of benzene rings is 1. The van der Waals surface area contributed by atoms with Crippen LogP contribution in [0.15, 0.2) is 24.3 Å². The van der Waals surface area contributed by atoms with Crippen LogP contribution in [0.5, 0.6) is 0 Å². The van der Waals surface area contributed by atoms with E-state index >= 15 is 0 Å². The fraction of sp³-hybridized carbons (Fsp3) is 0.389. The minimum Gasteiger partial charge on any atom is -0.343 e. The first kappa shape index (κ1) is 17.6. The maximum atomic E-state index is 12.9. The summed E-state index contributed by atoms with van der Waals surface area (Å²) in [6, 6.07) is 5.85. The molecule has 3 heterocycles. The number of carbonyl (C=O) groups is 3. The van der Waals surface area contributed by atoms with E-state index in [1.807, 2.05) is 6.92 Å². The maximum absolute atomic E-state index is 12.9. The summed E-state index contributed by atoms with van der Waals surface area (Å²) >= 11 is 1.53. The van der Waals surface area contributed by atoms with E-state index in [0.717, 1.165) is 15.0 Å². The minimum atomic E-state index is -0.826. The highest BCUT2D eigenvalue weighted by molar-refractivity contribution is 7.15. The number of rotatable bonds is 3. The summed E-state index contributed by atoms with van der Waals surface area (Å²) in [4.78, 5) is 43.0. The molecule has 1 aromatic carbocycles. The van der Waals surface area contributed by atoms with Gasteiger partial charge in [0.15, 0.2) is 0 Å². The summed E-state index contributed by atoms with van der Waals surface area (Å²) < 4.78 is 0. The van der Waals surface area contributed by atoms with Gasteiger partial charge in [0.1, 0.15) is 11.0 Å². The van der Waals surface area contributed by atoms with Gasteiger partial charge in [-0.3, -0.25) is 19.3 Å². The summed E-state index contributed by atoms with van der Waals surface area (Å²) in [7, 11) is 0. The van der Waals surface area contributed by atoms with E-state index in [9.17, 15) is 14.4 Å². The van der Waals surface area contributed by atoms with Crippen LogP contribution in [0.2, 0.25) is 0 Å². The van der Waals surface area contributed by atoms with Gasteiger partial charge in [0.25, 0.3) is 11.8 Å². The molecule has 0 bridgehead atoms. The molecule has 0 aliphatic carbocycles. The highest BCUT2D eigenvalue weighted by Gasteiger charge is 2.42. The van der Waals surface area contributed by atoms with Crippen LogP contribution in [-0.2, 0) is 4.79 Å². The van der Waals surface area contributed by atoms with E-state index in [2.05, 4.69) is 15.1 Å². The summed E-state index contributed by atoms with van der Waals surface area (Å²) in [5.41, 5.74) is 0.720. The zero-order valence-corrected chi connectivity index (χ0v) is 15.9. The second-order valence-electron chi connectivity index (χ2n) is 6.62.